The average molecular weight is 490 g/mol. The average Bonchev–Trinajstić information content (AvgIpc) is 3.44. The number of rotatable bonds is 5. The number of carbonyl (C=O) groups is 2. The van der Waals surface area contributed by atoms with Gasteiger partial charge in [0.2, 0.25) is 5.78 Å². The van der Waals surface area contributed by atoms with Crippen LogP contribution in [-0.4, -0.2) is 31.3 Å². The van der Waals surface area contributed by atoms with Crippen molar-refractivity contribution in [3.8, 4) is 17.2 Å². The summed E-state index contributed by atoms with van der Waals surface area (Å²) in [6.07, 6.45) is 2.83. The summed E-state index contributed by atoms with van der Waals surface area (Å²) in [5, 5.41) is 10.8. The van der Waals surface area contributed by atoms with Crippen molar-refractivity contribution < 1.29 is 23.5 Å². The molecule has 0 saturated carbocycles. The third kappa shape index (κ3) is 4.08. The highest BCUT2D eigenvalue weighted by molar-refractivity contribution is 6.30. The molecular weight excluding hydrogens is 473 g/mol. The molecule has 174 valence electrons. The van der Waals surface area contributed by atoms with E-state index in [9.17, 15) is 19.1 Å². The van der Waals surface area contributed by atoms with Crippen molar-refractivity contribution in [2.75, 3.05) is 0 Å². The smallest absolute Gasteiger partial charge is 0.264 e. The molecule has 35 heavy (non-hydrogen) atoms. The van der Waals surface area contributed by atoms with Gasteiger partial charge in [0.05, 0.1) is 11.7 Å². The molecule has 0 amide bonds. The largest absolute Gasteiger partial charge is 0.505 e. The van der Waals surface area contributed by atoms with Gasteiger partial charge in [-0.15, -0.1) is 0 Å². The maximum Gasteiger partial charge on any atom is 0.264 e. The minimum atomic E-state index is -0.884. The Hall–Kier alpha value is -4.30. The monoisotopic (exact) mass is 489 g/mol. The van der Waals surface area contributed by atoms with Gasteiger partial charge in [-0.1, -0.05) is 17.7 Å². The Labute approximate surface area is 203 Å². The first kappa shape index (κ1) is 22.5. The Balaban J connectivity index is 1.56. The van der Waals surface area contributed by atoms with Crippen LogP contribution in [0.3, 0.4) is 0 Å². The molecule has 0 aliphatic carbocycles. The third-order valence-electron chi connectivity index (χ3n) is 5.70. The van der Waals surface area contributed by atoms with Gasteiger partial charge < -0.3 is 9.52 Å². The summed E-state index contributed by atoms with van der Waals surface area (Å²) in [5.41, 5.74) is 1.95. The molecule has 3 aromatic heterocycles. The van der Waals surface area contributed by atoms with Crippen LogP contribution in [0, 0.1) is 12.7 Å². The highest BCUT2D eigenvalue weighted by Crippen LogP contribution is 2.33. The predicted octanol–water partition coefficient (Wildman–Crippen LogP) is 5.61. The molecule has 2 aromatic carbocycles. The Morgan fingerprint density at radius 1 is 1.11 bits per heavy atom. The molecule has 3 heterocycles. The summed E-state index contributed by atoms with van der Waals surface area (Å²) < 4.78 is 21.2. The number of fused-ring (bicyclic) bond motifs is 1. The minimum Gasteiger partial charge on any atom is -0.505 e. The summed E-state index contributed by atoms with van der Waals surface area (Å²) in [4.78, 5) is 34.7. The fourth-order valence-corrected chi connectivity index (χ4v) is 4.09. The second kappa shape index (κ2) is 8.81. The molecular formula is C26H17ClFN3O4. The first-order valence-corrected chi connectivity index (χ1v) is 10.9. The van der Waals surface area contributed by atoms with Crippen LogP contribution in [0.25, 0.3) is 22.4 Å². The van der Waals surface area contributed by atoms with E-state index in [2.05, 4.69) is 9.97 Å². The van der Waals surface area contributed by atoms with E-state index in [4.69, 9.17) is 16.0 Å². The molecule has 0 aliphatic heterocycles. The van der Waals surface area contributed by atoms with E-state index in [1.165, 1.54) is 16.8 Å². The van der Waals surface area contributed by atoms with Gasteiger partial charge in [0.25, 0.3) is 11.8 Å². The molecule has 0 bridgehead atoms. The van der Waals surface area contributed by atoms with E-state index >= 15 is 0 Å². The fraction of sp³-hybridized carbons (Fsp3) is 0.0769. The van der Waals surface area contributed by atoms with Gasteiger partial charge in [-0.3, -0.25) is 19.1 Å². The number of aromatic nitrogens is 3. The van der Waals surface area contributed by atoms with Gasteiger partial charge in [-0.2, -0.15) is 0 Å². The van der Waals surface area contributed by atoms with Crippen molar-refractivity contribution in [3.05, 3.63) is 101 Å². The van der Waals surface area contributed by atoms with Crippen LogP contribution >= 0.6 is 11.6 Å². The second-order valence-corrected chi connectivity index (χ2v) is 8.31. The summed E-state index contributed by atoms with van der Waals surface area (Å²) in [7, 11) is 0. The van der Waals surface area contributed by atoms with Crippen molar-refractivity contribution >= 4 is 34.2 Å². The Morgan fingerprint density at radius 3 is 2.60 bits per heavy atom. The molecule has 5 rings (SSSR count). The minimum absolute atomic E-state index is 0.124. The number of hydrogen-bond acceptors (Lipinski definition) is 6. The zero-order valence-corrected chi connectivity index (χ0v) is 19.1. The van der Waals surface area contributed by atoms with Gasteiger partial charge in [0, 0.05) is 40.4 Å². The van der Waals surface area contributed by atoms with Crippen molar-refractivity contribution in [1.82, 2.24) is 14.5 Å². The number of halogens is 2. The van der Waals surface area contributed by atoms with E-state index in [-0.39, 0.29) is 17.8 Å². The first-order valence-electron chi connectivity index (χ1n) is 10.6. The van der Waals surface area contributed by atoms with Crippen molar-refractivity contribution in [2.45, 2.75) is 13.3 Å². The lowest BCUT2D eigenvalue weighted by Gasteiger charge is -2.08. The topological polar surface area (TPSA) is 98.2 Å². The van der Waals surface area contributed by atoms with E-state index in [1.807, 2.05) is 0 Å². The lowest BCUT2D eigenvalue weighted by Crippen LogP contribution is -2.14. The zero-order chi connectivity index (χ0) is 24.7. The van der Waals surface area contributed by atoms with E-state index in [0.717, 1.165) is 6.07 Å². The molecule has 0 atom stereocenters. The third-order valence-corrected chi connectivity index (χ3v) is 5.95. The number of aromatic hydroxyl groups is 1. The van der Waals surface area contributed by atoms with Gasteiger partial charge in [-0.25, -0.2) is 9.37 Å². The molecule has 9 heteroatoms. The Morgan fingerprint density at radius 2 is 1.89 bits per heavy atom. The van der Waals surface area contributed by atoms with E-state index in [0.29, 0.717) is 38.7 Å². The lowest BCUT2D eigenvalue weighted by atomic mass is 10.0. The SMILES string of the molecule is Cc1c(CC(=O)c2ncc(-c3ccccn3)o2)c2cc(O)c(F)cc2n1C(=O)c1ccc(Cl)cc1. The number of phenols is 1. The highest BCUT2D eigenvalue weighted by atomic mass is 35.5. The van der Waals surface area contributed by atoms with Gasteiger partial charge >= 0.3 is 0 Å². The maximum atomic E-state index is 14.3. The molecule has 0 radical (unpaired) electrons. The molecule has 0 saturated heterocycles. The van der Waals surface area contributed by atoms with Crippen LogP contribution in [0.15, 0.2) is 71.4 Å². The number of ketones is 1. The summed E-state index contributed by atoms with van der Waals surface area (Å²) >= 11 is 5.94. The van der Waals surface area contributed by atoms with Crippen LogP contribution in [-0.2, 0) is 6.42 Å². The summed E-state index contributed by atoms with van der Waals surface area (Å²) in [5.74, 6) is -2.13. The van der Waals surface area contributed by atoms with Crippen LogP contribution in [0.4, 0.5) is 4.39 Å². The maximum absolute atomic E-state index is 14.3. The second-order valence-electron chi connectivity index (χ2n) is 7.88. The summed E-state index contributed by atoms with van der Waals surface area (Å²) in [6.45, 7) is 1.65. The Bertz CT molecular complexity index is 1590. The molecule has 0 spiro atoms. The van der Waals surface area contributed by atoms with E-state index in [1.54, 1.807) is 55.6 Å². The van der Waals surface area contributed by atoms with Crippen LogP contribution in [0.1, 0.15) is 32.3 Å². The van der Waals surface area contributed by atoms with Crippen molar-refractivity contribution in [1.29, 1.82) is 0 Å². The number of pyridine rings is 1. The van der Waals surface area contributed by atoms with Gasteiger partial charge in [0.1, 0.15) is 5.69 Å². The normalized spacial score (nSPS) is 11.2. The number of phenolic OH excluding ortho intramolecular Hbond substituents is 1. The number of hydrogen-bond donors (Lipinski definition) is 1. The van der Waals surface area contributed by atoms with Crippen molar-refractivity contribution in [2.24, 2.45) is 0 Å². The van der Waals surface area contributed by atoms with Crippen LogP contribution < -0.4 is 0 Å². The number of benzene rings is 2. The Kier molecular flexibility index (Phi) is 5.66. The van der Waals surface area contributed by atoms with E-state index < -0.39 is 23.3 Å². The zero-order valence-electron chi connectivity index (χ0n) is 18.3. The number of nitrogens with zero attached hydrogens (tertiary/aromatic N) is 3. The number of carbonyl (C=O) groups excluding carboxylic acids is 2. The lowest BCUT2D eigenvalue weighted by molar-refractivity contribution is 0.0948. The molecule has 0 fully saturated rings. The number of Topliss-reactive ketones (excluding diaryl/α,β-unsaturated/α-hetero) is 1. The molecule has 7 nitrogen and oxygen atoms in total. The quantitative estimate of drug-likeness (QED) is 0.322. The van der Waals surface area contributed by atoms with Gasteiger partial charge in [0.15, 0.2) is 17.3 Å². The van der Waals surface area contributed by atoms with Gasteiger partial charge in [-0.05, 0) is 55.0 Å². The number of oxazole rings is 1. The summed E-state index contributed by atoms with van der Waals surface area (Å²) in [6, 6.07) is 13.8. The standard InChI is InChI=1S/C26H17ClFN3O4/c1-14-17(10-23(33)25-30-13-24(35-25)20-4-2-3-9-29-20)18-11-22(32)19(28)12-21(18)31(14)26(34)15-5-7-16(27)8-6-15/h2-9,11-13,32H,10H2,1H3. The van der Waals surface area contributed by atoms with Crippen molar-refractivity contribution in [3.63, 3.8) is 0 Å². The highest BCUT2D eigenvalue weighted by Gasteiger charge is 2.25. The fourth-order valence-electron chi connectivity index (χ4n) is 3.96. The van der Waals surface area contributed by atoms with Crippen LogP contribution in [0.5, 0.6) is 5.75 Å². The molecule has 0 aliphatic rings. The first-order chi connectivity index (χ1) is 16.8. The molecule has 5 aromatic rings. The van der Waals surface area contributed by atoms with Crippen LogP contribution in [0.2, 0.25) is 5.02 Å². The molecule has 0 unspecified atom stereocenters. The molecule has 1 N–H and O–H groups in total. The predicted molar refractivity (Wildman–Crippen MR) is 127 cm³/mol.